The average Bonchev–Trinajstić information content (AvgIpc) is 2.88. The molecule has 188 valence electrons. The molecule has 0 radical (unpaired) electrons. The lowest BCUT2D eigenvalue weighted by Crippen LogP contribution is -2.24. The van der Waals surface area contributed by atoms with Gasteiger partial charge in [0.2, 0.25) is 0 Å². The van der Waals surface area contributed by atoms with E-state index in [2.05, 4.69) is 20.6 Å². The Balaban J connectivity index is 1.29. The first-order valence-corrected chi connectivity index (χ1v) is 13.8. The molecule has 0 atom stereocenters. The van der Waals surface area contributed by atoms with Gasteiger partial charge in [0.05, 0.1) is 17.9 Å². The van der Waals surface area contributed by atoms with E-state index < -0.39 is 9.84 Å². The second-order valence-corrected chi connectivity index (χ2v) is 10.7. The Morgan fingerprint density at radius 3 is 2.42 bits per heavy atom. The van der Waals surface area contributed by atoms with Crippen LogP contribution in [-0.4, -0.2) is 50.1 Å². The zero-order valence-electron chi connectivity index (χ0n) is 20.2. The predicted octanol–water partition coefficient (Wildman–Crippen LogP) is 4.36. The first kappa shape index (κ1) is 25.4. The molecule has 1 aromatic heterocycles. The summed E-state index contributed by atoms with van der Waals surface area (Å²) in [4.78, 5) is 8.79. The largest absolute Gasteiger partial charge is 0.493 e. The van der Waals surface area contributed by atoms with Crippen LogP contribution in [0.15, 0.2) is 79.1 Å². The molecule has 9 heteroatoms. The minimum atomic E-state index is -2.93. The standard InChI is InChI=1S/C27H30N4O4S/c1-36(32,33)17-15-28-14-5-16-34-24-12-13-25-26(18-24)29-20-30-27(25)31-22-8-10-23(11-9-22)35-19-21-6-3-2-4-7-21/h2-4,6-13,18,20,28H,5,14-17,19H2,1H3,(H,29,30,31). The van der Waals surface area contributed by atoms with Crippen molar-refractivity contribution in [3.63, 3.8) is 0 Å². The third-order valence-electron chi connectivity index (χ3n) is 5.39. The third-order valence-corrected chi connectivity index (χ3v) is 6.34. The van der Waals surface area contributed by atoms with Gasteiger partial charge in [0.1, 0.15) is 40.1 Å². The van der Waals surface area contributed by atoms with Gasteiger partial charge in [-0.3, -0.25) is 0 Å². The summed E-state index contributed by atoms with van der Waals surface area (Å²) in [6, 6.07) is 23.5. The first-order chi connectivity index (χ1) is 17.5. The Morgan fingerprint density at radius 1 is 0.861 bits per heavy atom. The smallest absolute Gasteiger partial charge is 0.148 e. The van der Waals surface area contributed by atoms with Gasteiger partial charge in [-0.25, -0.2) is 18.4 Å². The van der Waals surface area contributed by atoms with Crippen molar-refractivity contribution in [3.8, 4) is 11.5 Å². The number of nitrogens with one attached hydrogen (secondary N) is 2. The Morgan fingerprint density at radius 2 is 1.64 bits per heavy atom. The van der Waals surface area contributed by atoms with E-state index in [9.17, 15) is 8.42 Å². The molecular weight excluding hydrogens is 476 g/mol. The summed E-state index contributed by atoms with van der Waals surface area (Å²) >= 11 is 0. The second kappa shape index (κ2) is 12.3. The van der Waals surface area contributed by atoms with E-state index in [-0.39, 0.29) is 5.75 Å². The quantitative estimate of drug-likeness (QED) is 0.258. The molecule has 0 fully saturated rings. The fourth-order valence-corrected chi connectivity index (χ4v) is 4.02. The van der Waals surface area contributed by atoms with Gasteiger partial charge < -0.3 is 20.1 Å². The molecule has 4 aromatic rings. The molecule has 0 saturated carbocycles. The van der Waals surface area contributed by atoms with Gasteiger partial charge in [-0.15, -0.1) is 0 Å². The van der Waals surface area contributed by atoms with Gasteiger partial charge in [-0.05, 0) is 54.9 Å². The average molecular weight is 507 g/mol. The van der Waals surface area contributed by atoms with Crippen LogP contribution in [0, 0.1) is 0 Å². The second-order valence-electron chi connectivity index (χ2n) is 8.41. The summed E-state index contributed by atoms with van der Waals surface area (Å²) in [6.45, 7) is 2.18. The van der Waals surface area contributed by atoms with Gasteiger partial charge in [-0.1, -0.05) is 30.3 Å². The molecule has 3 aromatic carbocycles. The number of ether oxygens (including phenoxy) is 2. The van der Waals surface area contributed by atoms with E-state index in [1.807, 2.05) is 72.8 Å². The highest BCUT2D eigenvalue weighted by Gasteiger charge is 2.07. The molecule has 0 aliphatic heterocycles. The number of anilines is 2. The summed E-state index contributed by atoms with van der Waals surface area (Å²) < 4.78 is 34.0. The Bertz CT molecular complexity index is 1360. The number of benzene rings is 3. The number of hydrogen-bond donors (Lipinski definition) is 2. The van der Waals surface area contributed by atoms with Crippen molar-refractivity contribution in [1.29, 1.82) is 0 Å². The van der Waals surface area contributed by atoms with Crippen molar-refractivity contribution in [3.05, 3.63) is 84.7 Å². The number of hydrogen-bond acceptors (Lipinski definition) is 8. The monoisotopic (exact) mass is 506 g/mol. The van der Waals surface area contributed by atoms with Crippen LogP contribution in [0.25, 0.3) is 10.9 Å². The van der Waals surface area contributed by atoms with Crippen molar-refractivity contribution in [2.75, 3.05) is 37.0 Å². The lowest BCUT2D eigenvalue weighted by atomic mass is 10.2. The molecule has 0 bridgehead atoms. The molecular formula is C27H30N4O4S. The molecule has 0 amide bonds. The number of nitrogens with zero attached hydrogens (tertiary/aromatic N) is 2. The lowest BCUT2D eigenvalue weighted by Gasteiger charge is -2.11. The van der Waals surface area contributed by atoms with Gasteiger partial charge >= 0.3 is 0 Å². The number of aromatic nitrogens is 2. The normalized spacial score (nSPS) is 11.4. The minimum Gasteiger partial charge on any atom is -0.493 e. The number of sulfone groups is 1. The zero-order chi connectivity index (χ0) is 25.2. The molecule has 0 aliphatic carbocycles. The third kappa shape index (κ3) is 7.93. The van der Waals surface area contributed by atoms with Crippen LogP contribution in [0.2, 0.25) is 0 Å². The molecule has 8 nitrogen and oxygen atoms in total. The van der Waals surface area contributed by atoms with Crippen LogP contribution in [0.4, 0.5) is 11.5 Å². The molecule has 1 heterocycles. The number of rotatable bonds is 13. The van der Waals surface area contributed by atoms with Crippen molar-refractivity contribution < 1.29 is 17.9 Å². The summed E-state index contributed by atoms with van der Waals surface area (Å²) in [6.07, 6.45) is 3.53. The van der Waals surface area contributed by atoms with Gasteiger partial charge in [0, 0.05) is 29.9 Å². The highest BCUT2D eigenvalue weighted by Crippen LogP contribution is 2.27. The molecule has 0 aliphatic rings. The van der Waals surface area contributed by atoms with Crippen LogP contribution in [0.1, 0.15) is 12.0 Å². The van der Waals surface area contributed by atoms with E-state index in [0.717, 1.165) is 40.1 Å². The van der Waals surface area contributed by atoms with Gasteiger partial charge in [0.15, 0.2) is 0 Å². The molecule has 0 unspecified atom stereocenters. The van der Waals surface area contributed by atoms with Crippen molar-refractivity contribution >= 4 is 32.2 Å². The Kier molecular flexibility index (Phi) is 8.70. The van der Waals surface area contributed by atoms with Crippen LogP contribution in [0.3, 0.4) is 0 Å². The highest BCUT2D eigenvalue weighted by molar-refractivity contribution is 7.90. The van der Waals surface area contributed by atoms with Crippen molar-refractivity contribution in [2.24, 2.45) is 0 Å². The first-order valence-electron chi connectivity index (χ1n) is 11.8. The lowest BCUT2D eigenvalue weighted by molar-refractivity contribution is 0.306. The summed E-state index contributed by atoms with van der Waals surface area (Å²) in [5.41, 5.74) is 2.79. The van der Waals surface area contributed by atoms with Crippen molar-refractivity contribution in [1.82, 2.24) is 15.3 Å². The number of fused-ring (bicyclic) bond motifs is 1. The van der Waals surface area contributed by atoms with E-state index >= 15 is 0 Å². The van der Waals surface area contributed by atoms with Gasteiger partial charge in [0.25, 0.3) is 0 Å². The molecule has 0 saturated heterocycles. The Hall–Kier alpha value is -3.69. The minimum absolute atomic E-state index is 0.140. The summed E-state index contributed by atoms with van der Waals surface area (Å²) in [5, 5.41) is 7.35. The summed E-state index contributed by atoms with van der Waals surface area (Å²) in [5.74, 6) is 2.37. The highest BCUT2D eigenvalue weighted by atomic mass is 32.2. The Labute approximate surface area is 211 Å². The van der Waals surface area contributed by atoms with Crippen LogP contribution in [0.5, 0.6) is 11.5 Å². The topological polar surface area (TPSA) is 102 Å². The summed E-state index contributed by atoms with van der Waals surface area (Å²) in [7, 11) is -2.93. The molecule has 4 rings (SSSR count). The zero-order valence-corrected chi connectivity index (χ0v) is 21.0. The van der Waals surface area contributed by atoms with Crippen LogP contribution in [-0.2, 0) is 16.4 Å². The van der Waals surface area contributed by atoms with Crippen LogP contribution < -0.4 is 20.1 Å². The maximum atomic E-state index is 11.1. The van der Waals surface area contributed by atoms with E-state index in [1.54, 1.807) is 0 Å². The molecule has 2 N–H and O–H groups in total. The van der Waals surface area contributed by atoms with Crippen molar-refractivity contribution in [2.45, 2.75) is 13.0 Å². The van der Waals surface area contributed by atoms with Gasteiger partial charge in [-0.2, -0.15) is 0 Å². The predicted molar refractivity (Wildman–Crippen MR) is 143 cm³/mol. The fourth-order valence-electron chi connectivity index (χ4n) is 3.51. The van der Waals surface area contributed by atoms with E-state index in [4.69, 9.17) is 9.47 Å². The molecule has 36 heavy (non-hydrogen) atoms. The maximum absolute atomic E-state index is 11.1. The van der Waals surface area contributed by atoms with Crippen LogP contribution >= 0.6 is 0 Å². The SMILES string of the molecule is CS(=O)(=O)CCNCCCOc1ccc2c(Nc3ccc(OCc4ccccc4)cc3)ncnc2c1. The van der Waals surface area contributed by atoms with E-state index in [1.165, 1.54) is 12.6 Å². The van der Waals surface area contributed by atoms with E-state index in [0.29, 0.717) is 32.1 Å². The fraction of sp³-hybridized carbons (Fsp3) is 0.259. The molecule has 0 spiro atoms. The maximum Gasteiger partial charge on any atom is 0.148 e.